The maximum atomic E-state index is 14.5. The summed E-state index contributed by atoms with van der Waals surface area (Å²) in [6.45, 7) is 24.7. The third-order valence-corrected chi connectivity index (χ3v) is 16.2. The van der Waals surface area contributed by atoms with Crippen LogP contribution in [0.5, 0.6) is 0 Å². The Bertz CT molecular complexity index is 1590. The summed E-state index contributed by atoms with van der Waals surface area (Å²) in [5, 5.41) is 2.56. The number of hydrogen-bond acceptors (Lipinski definition) is 8. The van der Waals surface area contributed by atoms with E-state index in [4.69, 9.17) is 20.2 Å². The highest BCUT2D eigenvalue weighted by Gasteiger charge is 2.72. The van der Waals surface area contributed by atoms with E-state index in [0.29, 0.717) is 23.7 Å². The molecule has 51 heavy (non-hydrogen) atoms. The van der Waals surface area contributed by atoms with Crippen molar-refractivity contribution in [2.24, 2.45) is 62.4 Å². The number of ether oxygens (including phenoxy) is 2. The van der Waals surface area contributed by atoms with E-state index < -0.39 is 11.4 Å². The minimum absolute atomic E-state index is 0.0436. The molecular formula is C42H64N4O5. The van der Waals surface area contributed by atoms with Crippen molar-refractivity contribution in [3.05, 3.63) is 34.9 Å². The van der Waals surface area contributed by atoms with Gasteiger partial charge in [0.1, 0.15) is 19.3 Å². The Labute approximate surface area is 306 Å². The molecule has 1 amide bonds. The van der Waals surface area contributed by atoms with Crippen molar-refractivity contribution in [3.8, 4) is 0 Å². The maximum absolute atomic E-state index is 14.5. The summed E-state index contributed by atoms with van der Waals surface area (Å²) >= 11 is 0. The Hall–Kier alpha value is -2.81. The van der Waals surface area contributed by atoms with Crippen molar-refractivity contribution in [2.45, 2.75) is 139 Å². The van der Waals surface area contributed by atoms with Crippen molar-refractivity contribution < 1.29 is 23.9 Å². The minimum atomic E-state index is -0.493. The lowest BCUT2D eigenvalue weighted by molar-refractivity contribution is -0.251. The Morgan fingerprint density at radius 1 is 0.843 bits per heavy atom. The first-order chi connectivity index (χ1) is 23.9. The molecule has 1 heterocycles. The summed E-state index contributed by atoms with van der Waals surface area (Å²) in [5.74, 6) is 1.12. The van der Waals surface area contributed by atoms with Crippen LogP contribution in [0.3, 0.4) is 0 Å². The van der Waals surface area contributed by atoms with Gasteiger partial charge in [-0.3, -0.25) is 24.4 Å². The third kappa shape index (κ3) is 5.86. The molecule has 0 aromatic carbocycles. The Balaban J connectivity index is 1.25. The smallest absolute Gasteiger partial charge is 0.325 e. The Kier molecular flexibility index (Phi) is 9.85. The lowest BCUT2D eigenvalue weighted by Gasteiger charge is -2.72. The van der Waals surface area contributed by atoms with Crippen LogP contribution in [0.25, 0.3) is 0 Å². The number of aryl methyl sites for hydroxylation is 3. The number of nitrogens with zero attached hydrogens (tertiary/aromatic N) is 2. The summed E-state index contributed by atoms with van der Waals surface area (Å²) in [4.78, 5) is 48.3. The van der Waals surface area contributed by atoms with Crippen molar-refractivity contribution in [1.82, 2.24) is 15.3 Å². The summed E-state index contributed by atoms with van der Waals surface area (Å²) in [5.41, 5.74) is 9.60. The molecule has 0 unspecified atom stereocenters. The average Bonchev–Trinajstić information content (AvgIpc) is 3.47. The number of fused-ring (bicyclic) bond motifs is 7. The van der Waals surface area contributed by atoms with Crippen LogP contribution in [0.2, 0.25) is 0 Å². The van der Waals surface area contributed by atoms with E-state index in [1.807, 2.05) is 20.8 Å². The molecule has 3 N–H and O–H groups in total. The van der Waals surface area contributed by atoms with Crippen molar-refractivity contribution in [2.75, 3.05) is 13.1 Å². The molecule has 5 aliphatic carbocycles. The van der Waals surface area contributed by atoms with E-state index in [-0.39, 0.29) is 65.3 Å². The molecule has 5 aliphatic rings. The molecule has 0 radical (unpaired) electrons. The molecule has 0 bridgehead atoms. The van der Waals surface area contributed by atoms with Crippen LogP contribution < -0.4 is 11.1 Å². The largest absolute Gasteiger partial charge is 0.460 e. The highest BCUT2D eigenvalue weighted by Crippen LogP contribution is 2.77. The molecule has 10 atom stereocenters. The van der Waals surface area contributed by atoms with Crippen LogP contribution in [-0.4, -0.2) is 47.0 Å². The second kappa shape index (κ2) is 13.2. The highest BCUT2D eigenvalue weighted by atomic mass is 16.5. The second-order valence-corrected chi connectivity index (χ2v) is 18.7. The molecule has 0 aliphatic heterocycles. The highest BCUT2D eigenvalue weighted by molar-refractivity contribution is 5.83. The normalized spacial score (nSPS) is 39.4. The SMILES string of the molecule is C=C(C)[C@@H]1CC[C@]2(C(=O)OCc3nc(C)c(C)nc3C)CC[C@]3(C)[C@H](CC[C@@H]4[C@@]5(C)CC[C@H](OC(=O)CNC(=O)CN)C(C)(C)[C@@H]5CC[C@]43C)[C@@H]12. The standard InChI is InChI=1S/C42H64N4O5/c1-24(2)28-13-18-42(37(49)50-23-30-27(5)45-25(3)26(4)46-30)20-19-40(9)29(36(28)42)11-12-32-39(8)16-15-33(51-35(48)22-44-34(47)21-43)38(6,7)31(39)14-17-41(32,40)10/h28-29,31-33,36H,1,11-23,43H2,2-10H3,(H,44,47)/t28-,29+,31-,32+,33-,36+,39-,40+,41+,42-/m0/s1. The first-order valence-electron chi connectivity index (χ1n) is 19.7. The van der Waals surface area contributed by atoms with Crippen LogP contribution in [0.1, 0.15) is 129 Å². The van der Waals surface area contributed by atoms with Crippen LogP contribution in [-0.2, 0) is 30.5 Å². The van der Waals surface area contributed by atoms with Gasteiger partial charge >= 0.3 is 11.9 Å². The number of hydrogen-bond donors (Lipinski definition) is 2. The van der Waals surface area contributed by atoms with E-state index >= 15 is 0 Å². The molecule has 9 heteroatoms. The first-order valence-corrected chi connectivity index (χ1v) is 19.7. The Morgan fingerprint density at radius 2 is 1.55 bits per heavy atom. The van der Waals surface area contributed by atoms with Crippen LogP contribution >= 0.6 is 0 Å². The molecule has 282 valence electrons. The van der Waals surface area contributed by atoms with Gasteiger partial charge in [0, 0.05) is 5.41 Å². The fourth-order valence-electron chi connectivity index (χ4n) is 13.3. The molecule has 9 nitrogen and oxygen atoms in total. The zero-order chi connectivity index (χ0) is 37.3. The quantitative estimate of drug-likeness (QED) is 0.217. The number of rotatable bonds is 8. The van der Waals surface area contributed by atoms with Crippen molar-refractivity contribution in [1.29, 1.82) is 0 Å². The van der Waals surface area contributed by atoms with E-state index in [1.165, 1.54) is 5.57 Å². The molecule has 5 fully saturated rings. The number of allylic oxidation sites excluding steroid dienone is 1. The van der Waals surface area contributed by atoms with Crippen molar-refractivity contribution in [3.63, 3.8) is 0 Å². The number of nitrogens with one attached hydrogen (secondary N) is 1. The van der Waals surface area contributed by atoms with Gasteiger partial charge in [-0.15, -0.1) is 0 Å². The molecule has 1 aromatic heterocycles. The molecule has 1 aromatic rings. The number of aromatic nitrogens is 2. The average molecular weight is 705 g/mol. The maximum Gasteiger partial charge on any atom is 0.325 e. The van der Waals surface area contributed by atoms with Gasteiger partial charge in [0.05, 0.1) is 34.7 Å². The fraction of sp³-hybridized carbons (Fsp3) is 0.786. The topological polar surface area (TPSA) is 134 Å². The summed E-state index contributed by atoms with van der Waals surface area (Å²) in [6.07, 6.45) is 9.88. The third-order valence-electron chi connectivity index (χ3n) is 16.2. The van der Waals surface area contributed by atoms with E-state index in [1.54, 1.807) is 0 Å². The summed E-state index contributed by atoms with van der Waals surface area (Å²) in [6, 6.07) is 0. The number of carbonyl (C=O) groups is 3. The number of amides is 1. The van der Waals surface area contributed by atoms with E-state index in [0.717, 1.165) is 87.0 Å². The van der Waals surface area contributed by atoms with Crippen LogP contribution in [0.4, 0.5) is 0 Å². The second-order valence-electron chi connectivity index (χ2n) is 18.7. The zero-order valence-electron chi connectivity index (χ0n) is 32.9. The van der Waals surface area contributed by atoms with E-state index in [2.05, 4.69) is 58.4 Å². The van der Waals surface area contributed by atoms with Gasteiger partial charge in [-0.2, -0.15) is 0 Å². The molecule has 0 saturated heterocycles. The first kappa shape index (κ1) is 37.9. The van der Waals surface area contributed by atoms with Crippen LogP contribution in [0.15, 0.2) is 12.2 Å². The predicted octanol–water partition coefficient (Wildman–Crippen LogP) is 7.09. The van der Waals surface area contributed by atoms with Gasteiger partial charge in [-0.1, -0.05) is 46.8 Å². The molecule has 0 spiro atoms. The number of esters is 2. The summed E-state index contributed by atoms with van der Waals surface area (Å²) in [7, 11) is 0. The van der Waals surface area contributed by atoms with Gasteiger partial charge in [0.2, 0.25) is 5.91 Å². The monoisotopic (exact) mass is 704 g/mol. The van der Waals surface area contributed by atoms with E-state index in [9.17, 15) is 14.4 Å². The number of carbonyl (C=O) groups excluding carboxylic acids is 3. The lowest BCUT2D eigenvalue weighted by Crippen LogP contribution is -2.67. The molecule has 5 saturated carbocycles. The van der Waals surface area contributed by atoms with Gasteiger partial charge in [-0.25, -0.2) is 0 Å². The Morgan fingerprint density at radius 3 is 2.24 bits per heavy atom. The fourth-order valence-corrected chi connectivity index (χ4v) is 13.3. The van der Waals surface area contributed by atoms with Crippen molar-refractivity contribution >= 4 is 17.8 Å². The molecular weight excluding hydrogens is 640 g/mol. The van der Waals surface area contributed by atoms with Crippen LogP contribution in [0, 0.1) is 77.4 Å². The predicted molar refractivity (Wildman–Crippen MR) is 197 cm³/mol. The van der Waals surface area contributed by atoms with Gasteiger partial charge in [0.15, 0.2) is 0 Å². The molecule has 6 rings (SSSR count). The minimum Gasteiger partial charge on any atom is -0.460 e. The van der Waals surface area contributed by atoms with Gasteiger partial charge in [-0.05, 0) is 138 Å². The van der Waals surface area contributed by atoms with Gasteiger partial charge < -0.3 is 20.5 Å². The zero-order valence-corrected chi connectivity index (χ0v) is 32.9. The summed E-state index contributed by atoms with van der Waals surface area (Å²) < 4.78 is 12.4. The lowest BCUT2D eigenvalue weighted by atomic mass is 9.32. The number of nitrogens with two attached hydrogens (primary N) is 1. The van der Waals surface area contributed by atoms with Gasteiger partial charge in [0.25, 0.3) is 0 Å².